The summed E-state index contributed by atoms with van der Waals surface area (Å²) in [7, 11) is 0. The summed E-state index contributed by atoms with van der Waals surface area (Å²) < 4.78 is 0. The van der Waals surface area contributed by atoms with Crippen molar-refractivity contribution in [1.82, 2.24) is 9.97 Å². The van der Waals surface area contributed by atoms with E-state index in [1.807, 2.05) is 0 Å². The summed E-state index contributed by atoms with van der Waals surface area (Å²) in [5.74, 6) is 4.73. The molecule has 3 rings (SSSR count). The Morgan fingerprint density at radius 2 is 1.90 bits per heavy atom. The first-order valence-electron chi connectivity index (χ1n) is 8.68. The second-order valence-corrected chi connectivity index (χ2v) is 6.51. The molecule has 0 spiro atoms. The number of piperidine rings is 1. The van der Waals surface area contributed by atoms with Crippen LogP contribution in [0.5, 0.6) is 0 Å². The van der Waals surface area contributed by atoms with Gasteiger partial charge in [-0.05, 0) is 38.0 Å². The Morgan fingerprint density at radius 1 is 1.14 bits per heavy atom. The standard InChI is InChI=1S/C17H28N4/c1-3-9-18-15-12-16(20-17(19-15)14-5-6-14)21-10-7-13(4-2)8-11-21/h12-14H,3-11H2,1-2H3,(H,18,19,20). The van der Waals surface area contributed by atoms with Gasteiger partial charge in [0.05, 0.1) is 0 Å². The van der Waals surface area contributed by atoms with Crippen molar-refractivity contribution in [3.05, 3.63) is 11.9 Å². The first-order chi connectivity index (χ1) is 10.3. The molecule has 1 saturated carbocycles. The fourth-order valence-corrected chi connectivity index (χ4v) is 3.05. The summed E-state index contributed by atoms with van der Waals surface area (Å²) in [6, 6.07) is 2.15. The Kier molecular flexibility index (Phi) is 4.61. The van der Waals surface area contributed by atoms with Gasteiger partial charge in [0.25, 0.3) is 0 Å². The topological polar surface area (TPSA) is 41.0 Å². The average molecular weight is 288 g/mol. The van der Waals surface area contributed by atoms with Crippen LogP contribution in [0.15, 0.2) is 6.07 Å². The molecule has 2 fully saturated rings. The van der Waals surface area contributed by atoms with Crippen molar-refractivity contribution in [3.8, 4) is 0 Å². The molecule has 0 atom stereocenters. The molecule has 4 heteroatoms. The Bertz CT molecular complexity index is 462. The molecule has 1 aromatic rings. The van der Waals surface area contributed by atoms with Crippen LogP contribution >= 0.6 is 0 Å². The predicted molar refractivity (Wildman–Crippen MR) is 88.0 cm³/mol. The zero-order valence-electron chi connectivity index (χ0n) is 13.4. The molecule has 1 aliphatic carbocycles. The molecule has 1 saturated heterocycles. The van der Waals surface area contributed by atoms with E-state index in [1.54, 1.807) is 0 Å². The van der Waals surface area contributed by atoms with E-state index < -0.39 is 0 Å². The molecule has 4 nitrogen and oxygen atoms in total. The van der Waals surface area contributed by atoms with Crippen LogP contribution in [-0.4, -0.2) is 29.6 Å². The van der Waals surface area contributed by atoms with E-state index in [1.165, 1.54) is 32.1 Å². The number of hydrogen-bond donors (Lipinski definition) is 1. The SMILES string of the molecule is CCCNc1cc(N2CCC(CC)CC2)nc(C2CC2)n1. The molecule has 0 bridgehead atoms. The zero-order chi connectivity index (χ0) is 14.7. The number of nitrogens with one attached hydrogen (secondary N) is 1. The highest BCUT2D eigenvalue weighted by Crippen LogP contribution is 2.39. The number of rotatable bonds is 6. The molecule has 0 unspecified atom stereocenters. The smallest absolute Gasteiger partial charge is 0.136 e. The Balaban J connectivity index is 1.75. The van der Waals surface area contributed by atoms with Crippen LogP contribution in [0.1, 0.15) is 64.1 Å². The Hall–Kier alpha value is -1.32. The maximum Gasteiger partial charge on any atom is 0.136 e. The van der Waals surface area contributed by atoms with Crippen molar-refractivity contribution >= 4 is 11.6 Å². The average Bonchev–Trinajstić information content (AvgIpc) is 3.37. The predicted octanol–water partition coefficient (Wildman–Crippen LogP) is 3.80. The lowest BCUT2D eigenvalue weighted by Gasteiger charge is -2.32. The highest BCUT2D eigenvalue weighted by Gasteiger charge is 2.28. The largest absolute Gasteiger partial charge is 0.370 e. The van der Waals surface area contributed by atoms with Gasteiger partial charge in [-0.25, -0.2) is 9.97 Å². The van der Waals surface area contributed by atoms with E-state index in [4.69, 9.17) is 9.97 Å². The highest BCUT2D eigenvalue weighted by molar-refractivity contribution is 5.50. The van der Waals surface area contributed by atoms with E-state index in [2.05, 4.69) is 30.1 Å². The molecule has 0 amide bonds. The minimum atomic E-state index is 0.611. The lowest BCUT2D eigenvalue weighted by molar-refractivity contribution is 0.393. The summed E-state index contributed by atoms with van der Waals surface area (Å²) >= 11 is 0. The zero-order valence-corrected chi connectivity index (χ0v) is 13.4. The quantitative estimate of drug-likeness (QED) is 0.864. The number of hydrogen-bond acceptors (Lipinski definition) is 4. The first-order valence-corrected chi connectivity index (χ1v) is 8.68. The number of aromatic nitrogens is 2. The van der Waals surface area contributed by atoms with Gasteiger partial charge in [0, 0.05) is 31.6 Å². The fourth-order valence-electron chi connectivity index (χ4n) is 3.05. The summed E-state index contributed by atoms with van der Waals surface area (Å²) in [6.07, 6.45) is 7.56. The normalized spacial score (nSPS) is 19.8. The summed E-state index contributed by atoms with van der Waals surface area (Å²) in [5.41, 5.74) is 0. The third-order valence-electron chi connectivity index (χ3n) is 4.74. The van der Waals surface area contributed by atoms with Crippen molar-refractivity contribution in [1.29, 1.82) is 0 Å². The summed E-state index contributed by atoms with van der Waals surface area (Å²) in [6.45, 7) is 7.77. The molecule has 1 aromatic heterocycles. The fraction of sp³-hybridized carbons (Fsp3) is 0.765. The van der Waals surface area contributed by atoms with E-state index in [-0.39, 0.29) is 0 Å². The summed E-state index contributed by atoms with van der Waals surface area (Å²) in [4.78, 5) is 12.0. The molecular formula is C17H28N4. The van der Waals surface area contributed by atoms with Crippen LogP contribution in [0.4, 0.5) is 11.6 Å². The molecule has 0 aromatic carbocycles. The van der Waals surface area contributed by atoms with Crippen molar-refractivity contribution in [3.63, 3.8) is 0 Å². The Labute approximate surface area is 128 Å². The Morgan fingerprint density at radius 3 is 2.52 bits per heavy atom. The van der Waals surface area contributed by atoms with Gasteiger partial charge in [-0.1, -0.05) is 20.3 Å². The van der Waals surface area contributed by atoms with Crippen LogP contribution in [0.3, 0.4) is 0 Å². The molecule has 0 radical (unpaired) electrons. The number of nitrogens with zero attached hydrogens (tertiary/aromatic N) is 3. The minimum absolute atomic E-state index is 0.611. The van der Waals surface area contributed by atoms with Crippen LogP contribution in [-0.2, 0) is 0 Å². The van der Waals surface area contributed by atoms with Crippen molar-refractivity contribution in [2.24, 2.45) is 5.92 Å². The minimum Gasteiger partial charge on any atom is -0.370 e. The van der Waals surface area contributed by atoms with Gasteiger partial charge in [-0.3, -0.25) is 0 Å². The molecule has 116 valence electrons. The second kappa shape index (κ2) is 6.63. The molecule has 2 heterocycles. The van der Waals surface area contributed by atoms with Gasteiger partial charge in [-0.2, -0.15) is 0 Å². The van der Waals surface area contributed by atoms with E-state index in [0.29, 0.717) is 5.92 Å². The van der Waals surface area contributed by atoms with Gasteiger partial charge in [0.1, 0.15) is 17.5 Å². The van der Waals surface area contributed by atoms with Crippen LogP contribution in [0.25, 0.3) is 0 Å². The lowest BCUT2D eigenvalue weighted by Crippen LogP contribution is -2.34. The van der Waals surface area contributed by atoms with E-state index >= 15 is 0 Å². The molecule has 2 aliphatic rings. The lowest BCUT2D eigenvalue weighted by atomic mass is 9.94. The third-order valence-corrected chi connectivity index (χ3v) is 4.74. The van der Waals surface area contributed by atoms with Crippen molar-refractivity contribution < 1.29 is 0 Å². The molecule has 1 aliphatic heterocycles. The van der Waals surface area contributed by atoms with Gasteiger partial charge < -0.3 is 10.2 Å². The van der Waals surface area contributed by atoms with Crippen molar-refractivity contribution in [2.75, 3.05) is 29.9 Å². The monoisotopic (exact) mass is 288 g/mol. The third kappa shape index (κ3) is 3.66. The van der Waals surface area contributed by atoms with Crippen molar-refractivity contribution in [2.45, 2.75) is 58.3 Å². The summed E-state index contributed by atoms with van der Waals surface area (Å²) in [5, 5.41) is 3.44. The molecule has 21 heavy (non-hydrogen) atoms. The van der Waals surface area contributed by atoms with Crippen LogP contribution in [0, 0.1) is 5.92 Å². The maximum atomic E-state index is 4.85. The van der Waals surface area contributed by atoms with Gasteiger partial charge in [0.15, 0.2) is 0 Å². The van der Waals surface area contributed by atoms with Gasteiger partial charge in [-0.15, -0.1) is 0 Å². The van der Waals surface area contributed by atoms with E-state index in [0.717, 1.165) is 49.4 Å². The highest BCUT2D eigenvalue weighted by atomic mass is 15.2. The van der Waals surface area contributed by atoms with Gasteiger partial charge >= 0.3 is 0 Å². The van der Waals surface area contributed by atoms with E-state index in [9.17, 15) is 0 Å². The van der Waals surface area contributed by atoms with Gasteiger partial charge in [0.2, 0.25) is 0 Å². The number of anilines is 2. The molecular weight excluding hydrogens is 260 g/mol. The maximum absolute atomic E-state index is 4.85. The second-order valence-electron chi connectivity index (χ2n) is 6.51. The first kappa shape index (κ1) is 14.6. The van der Waals surface area contributed by atoms with Crippen LogP contribution < -0.4 is 10.2 Å². The van der Waals surface area contributed by atoms with Crippen LogP contribution in [0.2, 0.25) is 0 Å². The molecule has 1 N–H and O–H groups in total.